The highest BCUT2D eigenvalue weighted by Crippen LogP contribution is 2.22. The smallest absolute Gasteiger partial charge is 0.249 e. The molecule has 2 aromatic rings. The van der Waals surface area contributed by atoms with Crippen molar-refractivity contribution in [3.8, 4) is 11.1 Å². The van der Waals surface area contributed by atoms with Gasteiger partial charge in [-0.1, -0.05) is 29.8 Å². The van der Waals surface area contributed by atoms with Crippen molar-refractivity contribution in [2.75, 3.05) is 0 Å². The van der Waals surface area contributed by atoms with Crippen LogP contribution in [-0.4, -0.2) is 4.98 Å². The highest BCUT2D eigenvalue weighted by Gasteiger charge is 2.05. The first kappa shape index (κ1) is 9.93. The van der Waals surface area contributed by atoms with Gasteiger partial charge >= 0.3 is 0 Å². The van der Waals surface area contributed by atoms with E-state index in [0.717, 1.165) is 0 Å². The second kappa shape index (κ2) is 3.87. The zero-order valence-corrected chi connectivity index (χ0v) is 8.38. The van der Waals surface area contributed by atoms with E-state index < -0.39 is 0 Å². The maximum absolute atomic E-state index is 13.4. The van der Waals surface area contributed by atoms with Gasteiger partial charge in [-0.15, -0.1) is 0 Å². The van der Waals surface area contributed by atoms with Gasteiger partial charge < -0.3 is 4.98 Å². The van der Waals surface area contributed by atoms with Gasteiger partial charge in [0.05, 0.1) is 0 Å². The molecule has 2 rings (SSSR count). The van der Waals surface area contributed by atoms with Gasteiger partial charge in [0.15, 0.2) is 0 Å². The van der Waals surface area contributed by atoms with Crippen LogP contribution < -0.4 is 5.56 Å². The molecule has 0 amide bonds. The lowest BCUT2D eigenvalue weighted by Gasteiger charge is -2.02. The van der Waals surface area contributed by atoms with Crippen molar-refractivity contribution in [1.29, 1.82) is 0 Å². The van der Waals surface area contributed by atoms with Crippen LogP contribution in [0.25, 0.3) is 11.1 Å². The Labute approximate surface area is 90.3 Å². The summed E-state index contributed by atoms with van der Waals surface area (Å²) in [5.74, 6) is -0.376. The normalized spacial score (nSPS) is 10.3. The minimum atomic E-state index is -0.376. The van der Waals surface area contributed by atoms with Gasteiger partial charge in [-0.2, -0.15) is 0 Å². The van der Waals surface area contributed by atoms with E-state index >= 15 is 0 Å². The van der Waals surface area contributed by atoms with Gasteiger partial charge in [0.25, 0.3) is 0 Å². The van der Waals surface area contributed by atoms with Gasteiger partial charge in [-0.3, -0.25) is 4.79 Å². The molecule has 0 aliphatic rings. The molecule has 1 aromatic carbocycles. The summed E-state index contributed by atoms with van der Waals surface area (Å²) in [5.41, 5.74) is 0.494. The van der Waals surface area contributed by atoms with Crippen molar-refractivity contribution in [2.45, 2.75) is 0 Å². The lowest BCUT2D eigenvalue weighted by molar-refractivity contribution is 0.631. The third-order valence-electron chi connectivity index (χ3n) is 2.00. The van der Waals surface area contributed by atoms with Crippen LogP contribution in [0.4, 0.5) is 4.39 Å². The first-order valence-corrected chi connectivity index (χ1v) is 4.69. The van der Waals surface area contributed by atoms with Gasteiger partial charge in [0.2, 0.25) is 5.56 Å². The van der Waals surface area contributed by atoms with Crippen LogP contribution in [0.2, 0.25) is 5.15 Å². The molecule has 0 atom stereocenters. The molecule has 0 radical (unpaired) electrons. The van der Waals surface area contributed by atoms with E-state index in [1.165, 1.54) is 18.2 Å². The lowest BCUT2D eigenvalue weighted by atomic mass is 10.1. The molecule has 0 fully saturated rings. The summed E-state index contributed by atoms with van der Waals surface area (Å²) < 4.78 is 13.4. The maximum atomic E-state index is 13.4. The van der Waals surface area contributed by atoms with Crippen LogP contribution in [0, 0.1) is 5.82 Å². The van der Waals surface area contributed by atoms with E-state index in [1.807, 2.05) is 0 Å². The monoisotopic (exact) mass is 223 g/mol. The van der Waals surface area contributed by atoms with E-state index in [1.54, 1.807) is 18.2 Å². The van der Waals surface area contributed by atoms with Crippen LogP contribution in [0.5, 0.6) is 0 Å². The molecular weight excluding hydrogens is 217 g/mol. The fourth-order valence-electron chi connectivity index (χ4n) is 1.36. The maximum Gasteiger partial charge on any atom is 0.249 e. The average Bonchev–Trinajstić information content (AvgIpc) is 2.16. The predicted octanol–water partition coefficient (Wildman–Crippen LogP) is 2.83. The van der Waals surface area contributed by atoms with E-state index in [4.69, 9.17) is 11.6 Å². The van der Waals surface area contributed by atoms with Gasteiger partial charge in [0.1, 0.15) is 11.0 Å². The molecule has 2 nitrogen and oxygen atoms in total. The minimum absolute atomic E-state index is 0.195. The fraction of sp³-hybridized carbons (Fsp3) is 0. The number of aromatic amines is 1. The van der Waals surface area contributed by atoms with Crippen LogP contribution in [-0.2, 0) is 0 Å². The summed E-state index contributed by atoms with van der Waals surface area (Å²) in [6.07, 6.45) is 0. The number of H-pyrrole nitrogens is 1. The number of rotatable bonds is 1. The van der Waals surface area contributed by atoms with E-state index in [2.05, 4.69) is 4.98 Å². The number of hydrogen-bond donors (Lipinski definition) is 1. The quantitative estimate of drug-likeness (QED) is 0.741. The number of pyridine rings is 1. The molecule has 0 saturated carbocycles. The predicted molar refractivity (Wildman–Crippen MR) is 57.5 cm³/mol. The molecule has 0 saturated heterocycles. The van der Waals surface area contributed by atoms with Gasteiger partial charge in [-0.25, -0.2) is 4.39 Å². The molecule has 0 unspecified atom stereocenters. The Morgan fingerprint density at radius 2 is 1.93 bits per heavy atom. The molecular formula is C11H7ClFNO. The first-order valence-electron chi connectivity index (χ1n) is 4.31. The summed E-state index contributed by atoms with van der Waals surface area (Å²) in [4.78, 5) is 13.5. The highest BCUT2D eigenvalue weighted by atomic mass is 35.5. The first-order chi connectivity index (χ1) is 7.16. The Morgan fingerprint density at radius 1 is 1.20 bits per heavy atom. The van der Waals surface area contributed by atoms with Crippen LogP contribution in [0.3, 0.4) is 0 Å². The third-order valence-corrected chi connectivity index (χ3v) is 2.20. The van der Waals surface area contributed by atoms with Crippen molar-refractivity contribution in [3.05, 3.63) is 57.7 Å². The van der Waals surface area contributed by atoms with Crippen LogP contribution in [0.1, 0.15) is 0 Å². The number of hydrogen-bond acceptors (Lipinski definition) is 1. The van der Waals surface area contributed by atoms with Crippen molar-refractivity contribution in [2.24, 2.45) is 0 Å². The summed E-state index contributed by atoms with van der Waals surface area (Å²) >= 11 is 5.67. The Hall–Kier alpha value is -1.61. The van der Waals surface area contributed by atoms with Crippen molar-refractivity contribution < 1.29 is 4.39 Å². The number of halogens is 2. The Kier molecular flexibility index (Phi) is 2.56. The van der Waals surface area contributed by atoms with E-state index in [-0.39, 0.29) is 16.5 Å². The Balaban J connectivity index is 2.64. The number of nitrogens with one attached hydrogen (secondary N) is 1. The summed E-state index contributed by atoms with van der Waals surface area (Å²) in [6, 6.07) is 9.05. The Morgan fingerprint density at radius 3 is 2.60 bits per heavy atom. The molecule has 0 aliphatic carbocycles. The van der Waals surface area contributed by atoms with Crippen molar-refractivity contribution in [1.82, 2.24) is 4.98 Å². The van der Waals surface area contributed by atoms with Crippen molar-refractivity contribution in [3.63, 3.8) is 0 Å². The number of aromatic nitrogens is 1. The SMILES string of the molecule is O=c1cc(-c2ccccc2F)cc(Cl)[nH]1. The standard InChI is InChI=1S/C11H7ClFNO/c12-10-5-7(6-11(15)14-10)8-3-1-2-4-9(8)13/h1-6H,(H,14,15). The summed E-state index contributed by atoms with van der Waals surface area (Å²) in [5, 5.41) is 0.195. The molecule has 0 bridgehead atoms. The number of benzene rings is 1. The Bertz CT molecular complexity index is 550. The molecule has 0 spiro atoms. The zero-order chi connectivity index (χ0) is 10.8. The summed E-state index contributed by atoms with van der Waals surface area (Å²) in [7, 11) is 0. The molecule has 1 heterocycles. The van der Waals surface area contributed by atoms with E-state index in [0.29, 0.717) is 11.1 Å². The van der Waals surface area contributed by atoms with Crippen LogP contribution >= 0.6 is 11.6 Å². The lowest BCUT2D eigenvalue weighted by Crippen LogP contribution is -2.04. The molecule has 0 aliphatic heterocycles. The van der Waals surface area contributed by atoms with Gasteiger partial charge in [-0.05, 0) is 17.7 Å². The van der Waals surface area contributed by atoms with E-state index in [9.17, 15) is 9.18 Å². The van der Waals surface area contributed by atoms with Crippen LogP contribution in [0.15, 0.2) is 41.2 Å². The largest absolute Gasteiger partial charge is 0.313 e. The molecule has 4 heteroatoms. The van der Waals surface area contributed by atoms with Gasteiger partial charge in [0, 0.05) is 11.6 Å². The van der Waals surface area contributed by atoms with Crippen molar-refractivity contribution >= 4 is 11.6 Å². The average molecular weight is 224 g/mol. The zero-order valence-electron chi connectivity index (χ0n) is 7.63. The fourth-order valence-corrected chi connectivity index (χ4v) is 1.57. The second-order valence-electron chi connectivity index (χ2n) is 3.06. The molecule has 1 N–H and O–H groups in total. The third kappa shape index (κ3) is 2.07. The molecule has 15 heavy (non-hydrogen) atoms. The molecule has 76 valence electrons. The molecule has 1 aromatic heterocycles. The topological polar surface area (TPSA) is 32.9 Å². The second-order valence-corrected chi connectivity index (χ2v) is 3.47. The summed E-state index contributed by atoms with van der Waals surface area (Å²) in [6.45, 7) is 0. The highest BCUT2D eigenvalue weighted by molar-refractivity contribution is 6.29. The minimum Gasteiger partial charge on any atom is -0.313 e.